The summed E-state index contributed by atoms with van der Waals surface area (Å²) in [6.45, 7) is 6.03. The number of nitrogens with one attached hydrogen (secondary N) is 1. The van der Waals surface area contributed by atoms with Crippen molar-refractivity contribution in [2.45, 2.75) is 33.0 Å². The molecule has 0 saturated carbocycles. The van der Waals surface area contributed by atoms with Gasteiger partial charge in [0.1, 0.15) is 5.60 Å². The van der Waals surface area contributed by atoms with E-state index in [1.165, 1.54) is 5.39 Å². The molecule has 0 bridgehead atoms. The molecule has 2 N–H and O–H groups in total. The topological polar surface area (TPSA) is 62.3 Å². The summed E-state index contributed by atoms with van der Waals surface area (Å²) in [6.07, 6.45) is 1.89. The Morgan fingerprint density at radius 3 is 2.56 bits per heavy atom. The predicted octanol–water partition coefficient (Wildman–Crippen LogP) is 2.62. The molecule has 0 aliphatic rings. The van der Waals surface area contributed by atoms with Crippen LogP contribution in [0.5, 0.6) is 0 Å². The highest BCUT2D eigenvalue weighted by atomic mass is 16.5. The minimum absolute atomic E-state index is 0.106. The van der Waals surface area contributed by atoms with Crippen LogP contribution in [0.3, 0.4) is 0 Å². The van der Waals surface area contributed by atoms with Crippen molar-refractivity contribution in [1.29, 1.82) is 0 Å². The van der Waals surface area contributed by atoms with E-state index < -0.39 is 0 Å². The van der Waals surface area contributed by atoms with E-state index in [-0.39, 0.29) is 12.2 Å². The molecule has 0 atom stereocenters. The maximum Gasteiger partial charge on any atom is 0.293 e. The lowest BCUT2D eigenvalue weighted by molar-refractivity contribution is -0.138. The van der Waals surface area contributed by atoms with E-state index in [9.17, 15) is 4.79 Å². The first-order valence-electron chi connectivity index (χ1n) is 5.74. The van der Waals surface area contributed by atoms with Gasteiger partial charge >= 0.3 is 0 Å². The van der Waals surface area contributed by atoms with E-state index in [4.69, 9.17) is 5.11 Å². The highest BCUT2D eigenvalue weighted by molar-refractivity contribution is 5.79. The van der Waals surface area contributed by atoms with Gasteiger partial charge in [0.05, 0.1) is 6.61 Å². The summed E-state index contributed by atoms with van der Waals surface area (Å²) in [4.78, 5) is 12.7. The zero-order valence-electron chi connectivity index (χ0n) is 10.9. The molecule has 2 aromatic rings. The van der Waals surface area contributed by atoms with Gasteiger partial charge in [-0.2, -0.15) is 0 Å². The minimum atomic E-state index is -0.318. The smallest absolute Gasteiger partial charge is 0.293 e. The van der Waals surface area contributed by atoms with Crippen LogP contribution in [0, 0.1) is 0 Å². The molecule has 1 aromatic heterocycles. The molecule has 4 heteroatoms. The number of aliphatic hydroxyl groups is 1. The van der Waals surface area contributed by atoms with Crippen molar-refractivity contribution in [3.63, 3.8) is 0 Å². The molecule has 98 valence electrons. The number of rotatable bonds is 2. The quantitative estimate of drug-likeness (QED) is 0.804. The number of aromatic amines is 1. The Hall–Kier alpha value is -1.81. The van der Waals surface area contributed by atoms with Crippen LogP contribution in [0.4, 0.5) is 0 Å². The molecular weight excluding hydrogens is 230 g/mol. The molecule has 0 amide bonds. The molecule has 18 heavy (non-hydrogen) atoms. The number of benzene rings is 1. The van der Waals surface area contributed by atoms with Gasteiger partial charge in [-0.05, 0) is 43.9 Å². The number of ether oxygens (including phenoxy) is 1. The molecule has 0 spiro atoms. The number of carbonyl (C=O) groups is 1. The SMILES string of the molecule is CC(C)(C)OC=O.OCc1ccc2cc[nH]c2c1. The van der Waals surface area contributed by atoms with Gasteiger partial charge in [-0.25, -0.2) is 0 Å². The van der Waals surface area contributed by atoms with Crippen LogP contribution in [0.2, 0.25) is 0 Å². The van der Waals surface area contributed by atoms with Crippen molar-refractivity contribution in [3.8, 4) is 0 Å². The molecule has 0 unspecified atom stereocenters. The zero-order chi connectivity index (χ0) is 13.6. The molecule has 0 aliphatic carbocycles. The largest absolute Gasteiger partial charge is 0.462 e. The molecule has 4 nitrogen and oxygen atoms in total. The number of aromatic nitrogens is 1. The van der Waals surface area contributed by atoms with E-state index in [2.05, 4.69) is 9.72 Å². The molecule has 2 rings (SSSR count). The summed E-state index contributed by atoms with van der Waals surface area (Å²) in [6, 6.07) is 7.89. The highest BCUT2D eigenvalue weighted by Crippen LogP contribution is 2.13. The number of hydrogen-bond donors (Lipinski definition) is 2. The van der Waals surface area contributed by atoms with Crippen LogP contribution in [0.15, 0.2) is 30.5 Å². The van der Waals surface area contributed by atoms with Gasteiger partial charge in [0, 0.05) is 11.7 Å². The summed E-state index contributed by atoms with van der Waals surface area (Å²) in [5.41, 5.74) is 1.71. The Bertz CT molecular complexity index is 497. The maximum absolute atomic E-state index is 9.60. The molecule has 0 aliphatic heterocycles. The van der Waals surface area contributed by atoms with Gasteiger partial charge in [0.15, 0.2) is 0 Å². The Kier molecular flexibility index (Phi) is 4.92. The van der Waals surface area contributed by atoms with Crippen LogP contribution in [-0.4, -0.2) is 22.2 Å². The molecule has 1 heterocycles. The van der Waals surface area contributed by atoms with Gasteiger partial charge in [-0.3, -0.25) is 4.79 Å². The fraction of sp³-hybridized carbons (Fsp3) is 0.357. The molecule has 1 aromatic carbocycles. The zero-order valence-corrected chi connectivity index (χ0v) is 10.9. The monoisotopic (exact) mass is 249 g/mol. The average molecular weight is 249 g/mol. The van der Waals surface area contributed by atoms with E-state index in [0.29, 0.717) is 6.47 Å². The molecular formula is C14H19NO3. The fourth-order valence-corrected chi connectivity index (χ4v) is 1.34. The third-order valence-corrected chi connectivity index (χ3v) is 2.20. The van der Waals surface area contributed by atoms with Crippen molar-refractivity contribution < 1.29 is 14.6 Å². The first-order chi connectivity index (χ1) is 8.46. The molecule has 0 radical (unpaired) electrons. The van der Waals surface area contributed by atoms with E-state index in [1.807, 2.05) is 51.2 Å². The van der Waals surface area contributed by atoms with E-state index in [0.717, 1.165) is 11.1 Å². The van der Waals surface area contributed by atoms with Crippen molar-refractivity contribution in [2.75, 3.05) is 0 Å². The fourth-order valence-electron chi connectivity index (χ4n) is 1.34. The van der Waals surface area contributed by atoms with Crippen LogP contribution < -0.4 is 0 Å². The number of aliphatic hydroxyl groups excluding tert-OH is 1. The highest BCUT2D eigenvalue weighted by Gasteiger charge is 2.07. The average Bonchev–Trinajstić information content (AvgIpc) is 2.74. The Balaban J connectivity index is 0.000000203. The third-order valence-electron chi connectivity index (χ3n) is 2.20. The van der Waals surface area contributed by atoms with E-state index in [1.54, 1.807) is 0 Å². The van der Waals surface area contributed by atoms with Crippen LogP contribution in [0.1, 0.15) is 26.3 Å². The molecule has 0 saturated heterocycles. The standard InChI is InChI=1S/C9H9NO.C5H10O2/c11-6-7-1-2-8-3-4-10-9(8)5-7;1-5(2,3)7-4-6/h1-5,10-11H,6H2;4H,1-3H3. The van der Waals surface area contributed by atoms with Gasteiger partial charge in [-0.15, -0.1) is 0 Å². The van der Waals surface area contributed by atoms with Crippen molar-refractivity contribution in [1.82, 2.24) is 4.98 Å². The number of H-pyrrole nitrogens is 1. The summed E-state index contributed by atoms with van der Waals surface area (Å²) < 4.78 is 4.55. The van der Waals surface area contributed by atoms with Crippen LogP contribution >= 0.6 is 0 Å². The van der Waals surface area contributed by atoms with E-state index >= 15 is 0 Å². The first kappa shape index (κ1) is 14.3. The van der Waals surface area contributed by atoms with Crippen molar-refractivity contribution in [2.24, 2.45) is 0 Å². The number of fused-ring (bicyclic) bond motifs is 1. The summed E-state index contributed by atoms with van der Waals surface area (Å²) in [5, 5.41) is 10.0. The maximum atomic E-state index is 9.60. The second-order valence-corrected chi connectivity index (χ2v) is 4.88. The van der Waals surface area contributed by atoms with Gasteiger partial charge in [0.25, 0.3) is 6.47 Å². The molecule has 0 fully saturated rings. The van der Waals surface area contributed by atoms with Crippen molar-refractivity contribution in [3.05, 3.63) is 36.0 Å². The lowest BCUT2D eigenvalue weighted by atomic mass is 10.2. The number of hydrogen-bond acceptors (Lipinski definition) is 3. The Morgan fingerprint density at radius 2 is 2.06 bits per heavy atom. The lowest BCUT2D eigenvalue weighted by Gasteiger charge is -2.14. The van der Waals surface area contributed by atoms with Crippen LogP contribution in [-0.2, 0) is 16.1 Å². The first-order valence-corrected chi connectivity index (χ1v) is 5.74. The normalized spacial score (nSPS) is 10.7. The summed E-state index contributed by atoms with van der Waals surface area (Å²) >= 11 is 0. The van der Waals surface area contributed by atoms with Crippen molar-refractivity contribution >= 4 is 17.4 Å². The predicted molar refractivity (Wildman–Crippen MR) is 71.1 cm³/mol. The second-order valence-electron chi connectivity index (χ2n) is 4.88. The Labute approximate surface area is 107 Å². The lowest BCUT2D eigenvalue weighted by Crippen LogP contribution is -2.17. The Morgan fingerprint density at radius 1 is 1.33 bits per heavy atom. The van der Waals surface area contributed by atoms with Gasteiger partial charge in [0.2, 0.25) is 0 Å². The van der Waals surface area contributed by atoms with Gasteiger partial charge in [-0.1, -0.05) is 12.1 Å². The van der Waals surface area contributed by atoms with Gasteiger partial charge < -0.3 is 14.8 Å². The summed E-state index contributed by atoms with van der Waals surface area (Å²) in [5.74, 6) is 0. The third kappa shape index (κ3) is 4.59. The minimum Gasteiger partial charge on any atom is -0.462 e. The number of carbonyl (C=O) groups excluding carboxylic acids is 1. The summed E-state index contributed by atoms with van der Waals surface area (Å²) in [7, 11) is 0. The second kappa shape index (κ2) is 6.21. The van der Waals surface area contributed by atoms with Crippen LogP contribution in [0.25, 0.3) is 10.9 Å².